The molecule has 6 heteroatoms. The van der Waals surface area contributed by atoms with Crippen LogP contribution >= 0.6 is 0 Å². The zero-order valence-electron chi connectivity index (χ0n) is 40.2. The fourth-order valence-electron chi connectivity index (χ4n) is 7.17. The van der Waals surface area contributed by atoms with E-state index in [0.717, 1.165) is 96.3 Å². The lowest BCUT2D eigenvalue weighted by molar-refractivity contribution is -0.167. The van der Waals surface area contributed by atoms with E-state index in [4.69, 9.17) is 14.2 Å². The molecule has 0 aliphatic carbocycles. The highest BCUT2D eigenvalue weighted by atomic mass is 16.6. The van der Waals surface area contributed by atoms with E-state index in [1.807, 2.05) is 0 Å². The fraction of sp³-hybridized carbons (Fsp3) is 0.764. The monoisotopic (exact) mass is 853 g/mol. The summed E-state index contributed by atoms with van der Waals surface area (Å²) in [4.78, 5) is 37.9. The van der Waals surface area contributed by atoms with Crippen molar-refractivity contribution in [3.63, 3.8) is 0 Å². The lowest BCUT2D eigenvalue weighted by atomic mass is 10.0. The largest absolute Gasteiger partial charge is 0.462 e. The lowest BCUT2D eigenvalue weighted by Gasteiger charge is -2.18. The molecular weight excluding hydrogens is 757 g/mol. The van der Waals surface area contributed by atoms with Crippen LogP contribution in [0.5, 0.6) is 0 Å². The molecule has 0 rings (SSSR count). The van der Waals surface area contributed by atoms with Crippen molar-refractivity contribution in [1.29, 1.82) is 0 Å². The Bertz CT molecular complexity index is 1120. The SMILES string of the molecule is CC/C=C\C/C=C\C/C=C\C/C=C\C/C=C\CCCCCC(=O)OC[C@H](COC(=O)CCCCCCCCCCCCC)OC(=O)CCCCCCCCCCCCCCC. The number of carbonyl (C=O) groups is 3. The van der Waals surface area contributed by atoms with Gasteiger partial charge in [-0.2, -0.15) is 0 Å². The van der Waals surface area contributed by atoms with Crippen molar-refractivity contribution in [2.24, 2.45) is 0 Å². The van der Waals surface area contributed by atoms with Gasteiger partial charge < -0.3 is 14.2 Å². The Kier molecular flexibility index (Phi) is 47.4. The van der Waals surface area contributed by atoms with Crippen LogP contribution in [-0.4, -0.2) is 37.2 Å². The normalized spacial score (nSPS) is 12.5. The molecule has 0 N–H and O–H groups in total. The predicted molar refractivity (Wildman–Crippen MR) is 261 cm³/mol. The molecule has 0 fully saturated rings. The summed E-state index contributed by atoms with van der Waals surface area (Å²) >= 11 is 0. The van der Waals surface area contributed by atoms with E-state index in [0.29, 0.717) is 19.3 Å². The van der Waals surface area contributed by atoms with Gasteiger partial charge >= 0.3 is 17.9 Å². The summed E-state index contributed by atoms with van der Waals surface area (Å²) in [7, 11) is 0. The molecule has 352 valence electrons. The number of carbonyl (C=O) groups excluding carboxylic acids is 3. The first kappa shape index (κ1) is 58.1. The molecular formula is C55H96O6. The molecule has 6 nitrogen and oxygen atoms in total. The van der Waals surface area contributed by atoms with Gasteiger partial charge in [-0.25, -0.2) is 0 Å². The van der Waals surface area contributed by atoms with Gasteiger partial charge in [0.2, 0.25) is 0 Å². The second kappa shape index (κ2) is 49.8. The van der Waals surface area contributed by atoms with Crippen molar-refractivity contribution in [2.45, 2.75) is 258 Å². The van der Waals surface area contributed by atoms with Gasteiger partial charge in [0.25, 0.3) is 0 Å². The molecule has 0 aromatic heterocycles. The third-order valence-electron chi connectivity index (χ3n) is 11.0. The predicted octanol–water partition coefficient (Wildman–Crippen LogP) is 16.9. The van der Waals surface area contributed by atoms with E-state index in [1.165, 1.54) is 116 Å². The zero-order valence-corrected chi connectivity index (χ0v) is 40.2. The molecule has 0 amide bonds. The van der Waals surface area contributed by atoms with Crippen molar-refractivity contribution in [3.8, 4) is 0 Å². The Morgan fingerprint density at radius 2 is 0.639 bits per heavy atom. The number of hydrogen-bond acceptors (Lipinski definition) is 6. The average molecular weight is 853 g/mol. The van der Waals surface area contributed by atoms with E-state index in [1.54, 1.807) is 0 Å². The number of esters is 3. The second-order valence-corrected chi connectivity index (χ2v) is 17.1. The molecule has 0 heterocycles. The topological polar surface area (TPSA) is 78.9 Å². The molecule has 61 heavy (non-hydrogen) atoms. The molecule has 0 saturated heterocycles. The molecule has 0 aromatic rings. The zero-order chi connectivity index (χ0) is 44.4. The fourth-order valence-corrected chi connectivity index (χ4v) is 7.17. The van der Waals surface area contributed by atoms with Crippen molar-refractivity contribution >= 4 is 17.9 Å². The van der Waals surface area contributed by atoms with Gasteiger partial charge in [-0.1, -0.05) is 229 Å². The van der Waals surface area contributed by atoms with Gasteiger partial charge in [-0.15, -0.1) is 0 Å². The third kappa shape index (κ3) is 48.0. The van der Waals surface area contributed by atoms with E-state index in [9.17, 15) is 14.4 Å². The quantitative estimate of drug-likeness (QED) is 0.0263. The van der Waals surface area contributed by atoms with E-state index >= 15 is 0 Å². The molecule has 0 spiro atoms. The van der Waals surface area contributed by atoms with Crippen LogP contribution in [0.4, 0.5) is 0 Å². The Hall–Kier alpha value is -2.89. The first-order valence-electron chi connectivity index (χ1n) is 25.8. The van der Waals surface area contributed by atoms with Gasteiger partial charge in [-0.05, 0) is 64.2 Å². The molecule has 0 aliphatic heterocycles. The minimum atomic E-state index is -0.782. The van der Waals surface area contributed by atoms with Crippen molar-refractivity contribution in [2.75, 3.05) is 13.2 Å². The van der Waals surface area contributed by atoms with Crippen molar-refractivity contribution in [3.05, 3.63) is 60.8 Å². The first-order valence-corrected chi connectivity index (χ1v) is 25.8. The second-order valence-electron chi connectivity index (χ2n) is 17.1. The van der Waals surface area contributed by atoms with Crippen LogP contribution in [0.25, 0.3) is 0 Å². The summed E-state index contributed by atoms with van der Waals surface area (Å²) in [6, 6.07) is 0. The summed E-state index contributed by atoms with van der Waals surface area (Å²) in [6.45, 7) is 6.50. The number of unbranched alkanes of at least 4 members (excludes halogenated alkanes) is 25. The van der Waals surface area contributed by atoms with Crippen LogP contribution < -0.4 is 0 Å². The maximum atomic E-state index is 12.8. The minimum absolute atomic E-state index is 0.0816. The lowest BCUT2D eigenvalue weighted by Crippen LogP contribution is -2.30. The molecule has 0 radical (unpaired) electrons. The van der Waals surface area contributed by atoms with Crippen molar-refractivity contribution < 1.29 is 28.6 Å². The van der Waals surface area contributed by atoms with Crippen LogP contribution in [0.3, 0.4) is 0 Å². The summed E-state index contributed by atoms with van der Waals surface area (Å²) < 4.78 is 16.8. The standard InChI is InChI=1S/C55H96O6/c1-4-7-10-13-16-19-22-24-25-26-27-28-29-31-33-36-39-42-45-48-54(57)60-51-52(50-59-53(56)47-44-41-38-35-32-21-18-15-12-9-6-3)61-55(58)49-46-43-40-37-34-30-23-20-17-14-11-8-5-2/h7,10,16,19,24-25,27-28,31,33,52H,4-6,8-9,11-15,17-18,20-23,26,29-30,32,34-51H2,1-3H3/b10-7-,19-16-,25-24-,28-27-,33-31-/t52-/m0/s1. The highest BCUT2D eigenvalue weighted by Gasteiger charge is 2.19. The van der Waals surface area contributed by atoms with Gasteiger partial charge in [0.1, 0.15) is 13.2 Å². The summed E-state index contributed by atoms with van der Waals surface area (Å²) in [6.07, 6.45) is 60.6. The van der Waals surface area contributed by atoms with E-state index < -0.39 is 6.10 Å². The first-order chi connectivity index (χ1) is 30.0. The van der Waals surface area contributed by atoms with E-state index in [2.05, 4.69) is 81.5 Å². The molecule has 1 atom stereocenters. The van der Waals surface area contributed by atoms with Crippen LogP contribution in [0.2, 0.25) is 0 Å². The molecule has 0 unspecified atom stereocenters. The number of rotatable bonds is 46. The number of hydrogen-bond donors (Lipinski definition) is 0. The van der Waals surface area contributed by atoms with Gasteiger partial charge in [0.05, 0.1) is 0 Å². The Labute approximate surface area is 377 Å². The van der Waals surface area contributed by atoms with E-state index in [-0.39, 0.29) is 31.1 Å². The van der Waals surface area contributed by atoms with Gasteiger partial charge in [-0.3, -0.25) is 14.4 Å². The van der Waals surface area contributed by atoms with Crippen LogP contribution in [0, 0.1) is 0 Å². The van der Waals surface area contributed by atoms with Gasteiger partial charge in [0, 0.05) is 19.3 Å². The maximum absolute atomic E-state index is 12.8. The van der Waals surface area contributed by atoms with Crippen molar-refractivity contribution in [1.82, 2.24) is 0 Å². The average Bonchev–Trinajstić information content (AvgIpc) is 3.26. The van der Waals surface area contributed by atoms with Crippen LogP contribution in [0.15, 0.2) is 60.8 Å². The van der Waals surface area contributed by atoms with Crippen LogP contribution in [0.1, 0.15) is 252 Å². The molecule has 0 aromatic carbocycles. The molecule has 0 bridgehead atoms. The third-order valence-corrected chi connectivity index (χ3v) is 11.0. The van der Waals surface area contributed by atoms with Gasteiger partial charge in [0.15, 0.2) is 6.10 Å². The summed E-state index contributed by atoms with van der Waals surface area (Å²) in [5, 5.41) is 0. The Balaban J connectivity index is 4.40. The molecule has 0 saturated carbocycles. The number of allylic oxidation sites excluding steroid dienone is 10. The highest BCUT2D eigenvalue weighted by Crippen LogP contribution is 2.15. The molecule has 0 aliphatic rings. The summed E-state index contributed by atoms with van der Waals surface area (Å²) in [5.74, 6) is -0.910. The highest BCUT2D eigenvalue weighted by molar-refractivity contribution is 5.71. The van der Waals surface area contributed by atoms with Crippen LogP contribution in [-0.2, 0) is 28.6 Å². The Morgan fingerprint density at radius 1 is 0.344 bits per heavy atom. The number of ether oxygens (including phenoxy) is 3. The maximum Gasteiger partial charge on any atom is 0.306 e. The summed E-state index contributed by atoms with van der Waals surface area (Å²) in [5.41, 5.74) is 0. The Morgan fingerprint density at radius 3 is 1.00 bits per heavy atom. The minimum Gasteiger partial charge on any atom is -0.462 e. The smallest absolute Gasteiger partial charge is 0.306 e.